The number of ether oxygens (including phenoxy) is 1. The van der Waals surface area contributed by atoms with Crippen LogP contribution in [-0.2, 0) is 6.54 Å². The predicted octanol–water partition coefficient (Wildman–Crippen LogP) is 3.40. The lowest BCUT2D eigenvalue weighted by Crippen LogP contribution is -2.01. The predicted molar refractivity (Wildman–Crippen MR) is 73.9 cm³/mol. The molecule has 0 aliphatic carbocycles. The first-order chi connectivity index (χ1) is 8.79. The van der Waals surface area contributed by atoms with Gasteiger partial charge in [0.2, 0.25) is 0 Å². The summed E-state index contributed by atoms with van der Waals surface area (Å²) in [5.41, 5.74) is 3.55. The molecule has 0 spiro atoms. The second kappa shape index (κ2) is 6.05. The van der Waals surface area contributed by atoms with Crippen LogP contribution < -0.4 is 10.1 Å². The third-order valence-electron chi connectivity index (χ3n) is 2.80. The molecule has 1 aromatic heterocycles. The second-order valence-corrected chi connectivity index (χ2v) is 4.11. The Bertz CT molecular complexity index is 494. The van der Waals surface area contributed by atoms with E-state index in [1.807, 2.05) is 49.6 Å². The first-order valence-electron chi connectivity index (χ1n) is 6.16. The number of nitrogens with one attached hydrogen (secondary N) is 1. The van der Waals surface area contributed by atoms with Crippen molar-refractivity contribution in [2.75, 3.05) is 11.9 Å². The molecule has 0 aliphatic heterocycles. The van der Waals surface area contributed by atoms with Gasteiger partial charge in [-0.1, -0.05) is 0 Å². The van der Waals surface area contributed by atoms with Crippen LogP contribution in [0.15, 0.2) is 42.7 Å². The van der Waals surface area contributed by atoms with Gasteiger partial charge in [0.15, 0.2) is 0 Å². The van der Waals surface area contributed by atoms with Gasteiger partial charge >= 0.3 is 0 Å². The quantitative estimate of drug-likeness (QED) is 0.872. The average molecular weight is 242 g/mol. The maximum Gasteiger partial charge on any atom is 0.119 e. The first kappa shape index (κ1) is 12.4. The molecule has 2 rings (SSSR count). The zero-order valence-electron chi connectivity index (χ0n) is 10.8. The van der Waals surface area contributed by atoms with Crippen molar-refractivity contribution in [2.45, 2.75) is 20.4 Å². The summed E-state index contributed by atoms with van der Waals surface area (Å²) in [7, 11) is 0. The molecule has 0 radical (unpaired) electrons. The van der Waals surface area contributed by atoms with E-state index in [-0.39, 0.29) is 0 Å². The summed E-state index contributed by atoms with van der Waals surface area (Å²) in [6.45, 7) is 5.56. The summed E-state index contributed by atoms with van der Waals surface area (Å²) in [6.07, 6.45) is 3.71. The van der Waals surface area contributed by atoms with Crippen molar-refractivity contribution in [3.8, 4) is 5.75 Å². The van der Waals surface area contributed by atoms with Crippen LogP contribution in [0.4, 0.5) is 5.69 Å². The number of hydrogen-bond acceptors (Lipinski definition) is 3. The Morgan fingerprint density at radius 2 is 1.94 bits per heavy atom. The van der Waals surface area contributed by atoms with Gasteiger partial charge in [-0.15, -0.1) is 0 Å². The third-order valence-corrected chi connectivity index (χ3v) is 2.80. The smallest absolute Gasteiger partial charge is 0.119 e. The topological polar surface area (TPSA) is 34.1 Å². The van der Waals surface area contributed by atoms with Crippen molar-refractivity contribution in [2.24, 2.45) is 0 Å². The summed E-state index contributed by atoms with van der Waals surface area (Å²) < 4.78 is 5.40. The van der Waals surface area contributed by atoms with Crippen LogP contribution in [0.5, 0.6) is 5.75 Å². The van der Waals surface area contributed by atoms with E-state index in [2.05, 4.69) is 17.2 Å². The van der Waals surface area contributed by atoms with Crippen LogP contribution in [0.1, 0.15) is 18.1 Å². The van der Waals surface area contributed by atoms with Crippen molar-refractivity contribution >= 4 is 5.69 Å². The average Bonchev–Trinajstić information content (AvgIpc) is 2.40. The summed E-state index contributed by atoms with van der Waals surface area (Å²) in [5.74, 6) is 0.903. The summed E-state index contributed by atoms with van der Waals surface area (Å²) in [5, 5.41) is 3.38. The van der Waals surface area contributed by atoms with Crippen LogP contribution in [0, 0.1) is 6.92 Å². The fourth-order valence-corrected chi connectivity index (χ4v) is 1.71. The van der Waals surface area contributed by atoms with Gasteiger partial charge in [-0.25, -0.2) is 0 Å². The van der Waals surface area contributed by atoms with Gasteiger partial charge in [-0.3, -0.25) is 4.98 Å². The molecular formula is C15H18N2O. The van der Waals surface area contributed by atoms with E-state index in [0.717, 1.165) is 18.0 Å². The molecular weight excluding hydrogens is 224 g/mol. The molecule has 0 saturated carbocycles. The molecule has 3 nitrogen and oxygen atoms in total. The molecule has 18 heavy (non-hydrogen) atoms. The maximum atomic E-state index is 5.40. The van der Waals surface area contributed by atoms with Crippen LogP contribution in [-0.4, -0.2) is 11.6 Å². The highest BCUT2D eigenvalue weighted by Gasteiger charge is 1.98. The normalized spacial score (nSPS) is 10.1. The van der Waals surface area contributed by atoms with Gasteiger partial charge in [0.1, 0.15) is 5.75 Å². The van der Waals surface area contributed by atoms with Gasteiger partial charge < -0.3 is 10.1 Å². The lowest BCUT2D eigenvalue weighted by atomic mass is 10.1. The van der Waals surface area contributed by atoms with Crippen molar-refractivity contribution in [1.29, 1.82) is 0 Å². The number of anilines is 1. The molecule has 3 heteroatoms. The molecule has 1 N–H and O–H groups in total. The monoisotopic (exact) mass is 242 g/mol. The molecule has 0 aliphatic rings. The first-order valence-corrected chi connectivity index (χ1v) is 6.16. The van der Waals surface area contributed by atoms with Gasteiger partial charge in [-0.05, 0) is 55.3 Å². The molecule has 0 amide bonds. The summed E-state index contributed by atoms with van der Waals surface area (Å²) in [4.78, 5) is 4.14. The fourth-order valence-electron chi connectivity index (χ4n) is 1.71. The Morgan fingerprint density at radius 3 is 2.61 bits per heavy atom. The van der Waals surface area contributed by atoms with E-state index in [0.29, 0.717) is 6.61 Å². The van der Waals surface area contributed by atoms with Gasteiger partial charge in [0.05, 0.1) is 6.61 Å². The number of hydrogen-bond donors (Lipinski definition) is 1. The Kier molecular flexibility index (Phi) is 4.18. The van der Waals surface area contributed by atoms with E-state index in [4.69, 9.17) is 4.74 Å². The van der Waals surface area contributed by atoms with Crippen molar-refractivity contribution < 1.29 is 4.74 Å². The van der Waals surface area contributed by atoms with E-state index in [9.17, 15) is 0 Å². The standard InChI is InChI=1S/C15H18N2O/c1-3-18-15-6-4-14(5-7-15)17-11-13-10-16-9-8-12(13)2/h4-10,17H,3,11H2,1-2H3. The van der Waals surface area contributed by atoms with Crippen LogP contribution >= 0.6 is 0 Å². The summed E-state index contributed by atoms with van der Waals surface area (Å²) >= 11 is 0. The number of aromatic nitrogens is 1. The lowest BCUT2D eigenvalue weighted by molar-refractivity contribution is 0.340. The molecule has 1 aromatic carbocycles. The molecule has 0 fully saturated rings. The Morgan fingerprint density at radius 1 is 1.17 bits per heavy atom. The molecule has 2 aromatic rings. The highest BCUT2D eigenvalue weighted by Crippen LogP contribution is 2.16. The minimum Gasteiger partial charge on any atom is -0.494 e. The molecule has 0 atom stereocenters. The molecule has 94 valence electrons. The maximum absolute atomic E-state index is 5.40. The Labute approximate surface area is 108 Å². The van der Waals surface area contributed by atoms with E-state index < -0.39 is 0 Å². The fraction of sp³-hybridized carbons (Fsp3) is 0.267. The molecule has 0 bridgehead atoms. The van der Waals surface area contributed by atoms with Crippen molar-refractivity contribution in [3.05, 3.63) is 53.9 Å². The molecule has 0 unspecified atom stereocenters. The highest BCUT2D eigenvalue weighted by molar-refractivity contribution is 5.47. The number of pyridine rings is 1. The van der Waals surface area contributed by atoms with Crippen LogP contribution in [0.25, 0.3) is 0 Å². The van der Waals surface area contributed by atoms with Crippen LogP contribution in [0.2, 0.25) is 0 Å². The number of benzene rings is 1. The minimum absolute atomic E-state index is 0.696. The number of aryl methyl sites for hydroxylation is 1. The van der Waals surface area contributed by atoms with Crippen molar-refractivity contribution in [3.63, 3.8) is 0 Å². The van der Waals surface area contributed by atoms with E-state index in [1.165, 1.54) is 11.1 Å². The second-order valence-electron chi connectivity index (χ2n) is 4.11. The summed E-state index contributed by atoms with van der Waals surface area (Å²) in [6, 6.07) is 10.0. The zero-order chi connectivity index (χ0) is 12.8. The highest BCUT2D eigenvalue weighted by atomic mass is 16.5. The van der Waals surface area contributed by atoms with Crippen molar-refractivity contribution in [1.82, 2.24) is 4.98 Å². The van der Waals surface area contributed by atoms with Gasteiger partial charge in [-0.2, -0.15) is 0 Å². The Balaban J connectivity index is 1.96. The number of nitrogens with zero attached hydrogens (tertiary/aromatic N) is 1. The zero-order valence-corrected chi connectivity index (χ0v) is 10.8. The molecule has 0 saturated heterocycles. The SMILES string of the molecule is CCOc1ccc(NCc2cnccc2C)cc1. The third kappa shape index (κ3) is 3.23. The largest absolute Gasteiger partial charge is 0.494 e. The lowest BCUT2D eigenvalue weighted by Gasteiger charge is -2.09. The van der Waals surface area contributed by atoms with E-state index in [1.54, 1.807) is 0 Å². The number of rotatable bonds is 5. The minimum atomic E-state index is 0.696. The Hall–Kier alpha value is -2.03. The van der Waals surface area contributed by atoms with Gasteiger partial charge in [0, 0.05) is 24.6 Å². The molecule has 1 heterocycles. The van der Waals surface area contributed by atoms with Crippen LogP contribution in [0.3, 0.4) is 0 Å². The van der Waals surface area contributed by atoms with Gasteiger partial charge in [0.25, 0.3) is 0 Å². The van der Waals surface area contributed by atoms with E-state index >= 15 is 0 Å².